The van der Waals surface area contributed by atoms with Gasteiger partial charge in [-0.2, -0.15) is 5.12 Å². The summed E-state index contributed by atoms with van der Waals surface area (Å²) < 4.78 is 0. The van der Waals surface area contributed by atoms with E-state index >= 15 is 0 Å². The van der Waals surface area contributed by atoms with Crippen LogP contribution in [0.25, 0.3) is 0 Å². The van der Waals surface area contributed by atoms with Crippen molar-refractivity contribution in [1.29, 1.82) is 0 Å². The van der Waals surface area contributed by atoms with Gasteiger partial charge < -0.3 is 0 Å². The van der Waals surface area contributed by atoms with E-state index in [2.05, 4.69) is 42.7 Å². The van der Waals surface area contributed by atoms with Crippen LogP contribution >= 0.6 is 0 Å². The average Bonchev–Trinajstić information content (AvgIpc) is 2.77. The maximum absolute atomic E-state index is 6.22. The molecule has 1 saturated heterocycles. The second-order valence-electron chi connectivity index (χ2n) is 6.54. The van der Waals surface area contributed by atoms with E-state index in [1.54, 1.807) is 0 Å². The van der Waals surface area contributed by atoms with Crippen molar-refractivity contribution in [3.8, 4) is 0 Å². The van der Waals surface area contributed by atoms with Gasteiger partial charge in [0.1, 0.15) is 0 Å². The third-order valence-corrected chi connectivity index (χ3v) is 4.57. The summed E-state index contributed by atoms with van der Waals surface area (Å²) in [6, 6.07) is 0. The van der Waals surface area contributed by atoms with Crippen LogP contribution in [0.3, 0.4) is 0 Å². The maximum atomic E-state index is 6.22. The van der Waals surface area contributed by atoms with Gasteiger partial charge >= 0.3 is 0 Å². The van der Waals surface area contributed by atoms with Crippen molar-refractivity contribution < 1.29 is 0 Å². The molecule has 2 atom stereocenters. The minimum Gasteiger partial charge on any atom is -0.268 e. The molecule has 2 unspecified atom stereocenters. The molecule has 0 spiro atoms. The van der Waals surface area contributed by atoms with Gasteiger partial charge in [0.25, 0.3) is 0 Å². The van der Waals surface area contributed by atoms with Gasteiger partial charge in [-0.3, -0.25) is 10.7 Å². The lowest BCUT2D eigenvalue weighted by atomic mass is 10.2. The Balaban J connectivity index is 3.01. The summed E-state index contributed by atoms with van der Waals surface area (Å²) in [6.07, 6.45) is 10.7. The topological polar surface area (TPSA) is 39.0 Å². The highest BCUT2D eigenvalue weighted by molar-refractivity contribution is 4.85. The van der Waals surface area contributed by atoms with Crippen molar-refractivity contribution in [1.82, 2.24) is 20.1 Å². The smallest absolute Gasteiger partial charge is 0.0947 e. The Bertz CT molecular complexity index is 284. The van der Waals surface area contributed by atoms with Crippen molar-refractivity contribution in [3.05, 3.63) is 0 Å². The van der Waals surface area contributed by atoms with Crippen LogP contribution in [0.2, 0.25) is 0 Å². The van der Waals surface area contributed by atoms with E-state index in [1.165, 1.54) is 57.9 Å². The first kappa shape index (κ1) is 19.8. The van der Waals surface area contributed by atoms with E-state index in [0.29, 0.717) is 12.3 Å². The molecular weight excluding hydrogens is 274 g/mol. The summed E-state index contributed by atoms with van der Waals surface area (Å²) in [5, 5.41) is 6.67. The van der Waals surface area contributed by atoms with Crippen LogP contribution in [0.5, 0.6) is 0 Å². The summed E-state index contributed by atoms with van der Waals surface area (Å²) in [7, 11) is 1.98. The Morgan fingerprint density at radius 1 is 0.818 bits per heavy atom. The molecule has 2 N–H and O–H groups in total. The Kier molecular flexibility index (Phi) is 9.52. The van der Waals surface area contributed by atoms with Crippen molar-refractivity contribution >= 4 is 0 Å². The monoisotopic (exact) mass is 313 g/mol. The number of rotatable bonds is 11. The fourth-order valence-corrected chi connectivity index (χ4v) is 3.52. The first-order valence-corrected chi connectivity index (χ1v) is 9.42. The highest BCUT2D eigenvalue weighted by Gasteiger charge is 2.45. The highest BCUT2D eigenvalue weighted by atomic mass is 16.0. The summed E-state index contributed by atoms with van der Waals surface area (Å²) in [6.45, 7) is 11.4. The molecule has 0 aromatic heterocycles. The molecule has 1 heterocycles. The van der Waals surface area contributed by atoms with Crippen LogP contribution in [-0.2, 0) is 0 Å². The first-order chi connectivity index (χ1) is 10.6. The van der Waals surface area contributed by atoms with Crippen LogP contribution in [-0.4, -0.2) is 52.6 Å². The Hall–Kier alpha value is -0.200. The molecule has 0 aromatic rings. The molecular formula is C17H39N5. The second kappa shape index (κ2) is 10.6. The largest absolute Gasteiger partial charge is 0.268 e. The van der Waals surface area contributed by atoms with Gasteiger partial charge in [-0.05, 0) is 25.7 Å². The zero-order chi connectivity index (χ0) is 16.5. The number of hydrazine groups is 3. The number of hydrogen-bond donors (Lipinski definition) is 1. The zero-order valence-electron chi connectivity index (χ0n) is 15.6. The summed E-state index contributed by atoms with van der Waals surface area (Å²) >= 11 is 0. The lowest BCUT2D eigenvalue weighted by molar-refractivity contribution is -0.181. The molecule has 0 bridgehead atoms. The fourth-order valence-electron chi connectivity index (χ4n) is 3.52. The summed E-state index contributed by atoms with van der Waals surface area (Å²) in [5.41, 5.74) is 0. The highest BCUT2D eigenvalue weighted by Crippen LogP contribution is 2.32. The molecule has 1 rings (SSSR count). The van der Waals surface area contributed by atoms with Crippen LogP contribution in [0.1, 0.15) is 79.1 Å². The molecule has 22 heavy (non-hydrogen) atoms. The van der Waals surface area contributed by atoms with Gasteiger partial charge in [-0.1, -0.05) is 53.4 Å². The van der Waals surface area contributed by atoms with Crippen molar-refractivity contribution in [2.24, 2.45) is 5.84 Å². The Labute approximate surface area is 138 Å². The zero-order valence-corrected chi connectivity index (χ0v) is 15.6. The molecule has 132 valence electrons. The number of hydrogen-bond acceptors (Lipinski definition) is 5. The van der Waals surface area contributed by atoms with E-state index in [4.69, 9.17) is 5.84 Å². The van der Waals surface area contributed by atoms with E-state index in [1.807, 2.05) is 12.2 Å². The number of nitrogens with two attached hydrogens (primary N) is 1. The fraction of sp³-hybridized carbons (Fsp3) is 1.00. The molecule has 1 fully saturated rings. The van der Waals surface area contributed by atoms with Crippen LogP contribution in [0.4, 0.5) is 0 Å². The second-order valence-corrected chi connectivity index (χ2v) is 6.54. The van der Waals surface area contributed by atoms with E-state index in [0.717, 1.165) is 6.54 Å². The van der Waals surface area contributed by atoms with Crippen LogP contribution in [0.15, 0.2) is 0 Å². The summed E-state index contributed by atoms with van der Waals surface area (Å²) in [5.74, 6) is 6.22. The summed E-state index contributed by atoms with van der Waals surface area (Å²) in [4.78, 5) is 2.70. The van der Waals surface area contributed by atoms with Crippen LogP contribution in [0, 0.1) is 0 Å². The van der Waals surface area contributed by atoms with Gasteiger partial charge in [0.15, 0.2) is 0 Å². The molecule has 5 nitrogen and oxygen atoms in total. The van der Waals surface area contributed by atoms with Gasteiger partial charge in [0.05, 0.1) is 12.3 Å². The van der Waals surface area contributed by atoms with Gasteiger partial charge in [-0.25, -0.2) is 5.01 Å². The van der Waals surface area contributed by atoms with Crippen molar-refractivity contribution in [2.75, 3.05) is 20.1 Å². The SMILES string of the molecule is CCCCN1C(CCC)N(CCCC)N(N(C)N)C1CCC. The van der Waals surface area contributed by atoms with E-state index in [9.17, 15) is 0 Å². The van der Waals surface area contributed by atoms with Crippen LogP contribution < -0.4 is 5.84 Å². The predicted octanol–water partition coefficient (Wildman–Crippen LogP) is 3.39. The van der Waals surface area contributed by atoms with E-state index < -0.39 is 0 Å². The number of nitrogens with zero attached hydrogens (tertiary/aromatic N) is 4. The molecule has 1 aliphatic heterocycles. The third-order valence-electron chi connectivity index (χ3n) is 4.57. The normalized spacial score (nSPS) is 24.7. The molecule has 1 aliphatic rings. The minimum atomic E-state index is 0.417. The lowest BCUT2D eigenvalue weighted by Gasteiger charge is -2.36. The first-order valence-electron chi connectivity index (χ1n) is 9.42. The van der Waals surface area contributed by atoms with Gasteiger partial charge in [0, 0.05) is 20.1 Å². The lowest BCUT2D eigenvalue weighted by Crippen LogP contribution is -2.56. The number of unbranched alkanes of at least 4 members (excludes halogenated alkanes) is 2. The average molecular weight is 314 g/mol. The third kappa shape index (κ3) is 4.90. The Morgan fingerprint density at radius 3 is 1.86 bits per heavy atom. The van der Waals surface area contributed by atoms with Crippen molar-refractivity contribution in [2.45, 2.75) is 91.4 Å². The van der Waals surface area contributed by atoms with Crippen molar-refractivity contribution in [3.63, 3.8) is 0 Å². The standard InChI is InChI=1S/C17H39N5/c1-6-10-14-20-16(12-8-3)21(15-11-7-2)22(19(5)18)17(20)13-9-4/h16-17H,6-15,18H2,1-5H3. The van der Waals surface area contributed by atoms with Gasteiger partial charge in [-0.15, -0.1) is 5.12 Å². The van der Waals surface area contributed by atoms with Gasteiger partial charge in [0.2, 0.25) is 0 Å². The molecule has 0 aliphatic carbocycles. The quantitative estimate of drug-likeness (QED) is 0.467. The Morgan fingerprint density at radius 2 is 1.36 bits per heavy atom. The molecule has 0 saturated carbocycles. The molecule has 5 heteroatoms. The van der Waals surface area contributed by atoms with E-state index in [-0.39, 0.29) is 0 Å². The molecule has 0 radical (unpaired) electrons. The maximum Gasteiger partial charge on any atom is 0.0947 e. The molecule has 0 aromatic carbocycles. The molecule has 0 amide bonds. The predicted molar refractivity (Wildman–Crippen MR) is 94.4 cm³/mol. The minimum absolute atomic E-state index is 0.417.